The van der Waals surface area contributed by atoms with Crippen LogP contribution < -0.4 is 19.7 Å². The van der Waals surface area contributed by atoms with Crippen molar-refractivity contribution in [3.63, 3.8) is 0 Å². The smallest absolute Gasteiger partial charge is 0.282 e. The number of carbonyl (C=O) groups is 2. The van der Waals surface area contributed by atoms with Crippen LogP contribution in [0.15, 0.2) is 78.5 Å². The van der Waals surface area contributed by atoms with Crippen molar-refractivity contribution >= 4 is 28.8 Å². The number of hydrogen-bond donors (Lipinski definition) is 1. The predicted molar refractivity (Wildman–Crippen MR) is 134 cm³/mol. The molecular formula is C28H28N2O4. The lowest BCUT2D eigenvalue weighted by Crippen LogP contribution is -2.32. The maximum atomic E-state index is 13.7. The van der Waals surface area contributed by atoms with Crippen molar-refractivity contribution in [2.45, 2.75) is 26.2 Å². The summed E-state index contributed by atoms with van der Waals surface area (Å²) in [6.07, 6.45) is 0. The summed E-state index contributed by atoms with van der Waals surface area (Å²) in [6.45, 7) is 6.35. The molecule has 0 atom stereocenters. The van der Waals surface area contributed by atoms with Crippen LogP contribution in [0.1, 0.15) is 31.9 Å². The van der Waals surface area contributed by atoms with Gasteiger partial charge in [0.05, 0.1) is 31.2 Å². The van der Waals surface area contributed by atoms with Gasteiger partial charge in [0.1, 0.15) is 17.2 Å². The first-order valence-corrected chi connectivity index (χ1v) is 11.0. The number of benzene rings is 3. The topological polar surface area (TPSA) is 67.9 Å². The Bertz CT molecular complexity index is 1250. The monoisotopic (exact) mass is 456 g/mol. The van der Waals surface area contributed by atoms with E-state index in [4.69, 9.17) is 9.47 Å². The SMILES string of the molecule is COc1ccc(C2=C(Nc3ccccc3OC)C(=O)N(c3ccc(C(C)(C)C)cc3)C2=O)cc1. The molecule has 6 nitrogen and oxygen atoms in total. The molecule has 1 aliphatic heterocycles. The summed E-state index contributed by atoms with van der Waals surface area (Å²) in [5, 5.41) is 3.16. The zero-order valence-corrected chi connectivity index (χ0v) is 20.0. The highest BCUT2D eigenvalue weighted by atomic mass is 16.5. The highest BCUT2D eigenvalue weighted by Gasteiger charge is 2.40. The molecule has 0 bridgehead atoms. The predicted octanol–water partition coefficient (Wildman–Crippen LogP) is 5.40. The Hall–Kier alpha value is -4.06. The average Bonchev–Trinajstić information content (AvgIpc) is 3.08. The minimum absolute atomic E-state index is 0.0410. The number of hydrogen-bond acceptors (Lipinski definition) is 5. The number of nitrogens with zero attached hydrogens (tertiary/aromatic N) is 1. The van der Waals surface area contributed by atoms with E-state index in [1.807, 2.05) is 36.4 Å². The van der Waals surface area contributed by atoms with Crippen LogP contribution in [0.3, 0.4) is 0 Å². The number of imide groups is 1. The second-order valence-electron chi connectivity index (χ2n) is 9.05. The van der Waals surface area contributed by atoms with Crippen molar-refractivity contribution in [2.24, 2.45) is 0 Å². The third kappa shape index (κ3) is 4.27. The summed E-state index contributed by atoms with van der Waals surface area (Å²) in [5.41, 5.74) is 3.29. The fourth-order valence-corrected chi connectivity index (χ4v) is 3.90. The van der Waals surface area contributed by atoms with Gasteiger partial charge in [-0.1, -0.05) is 57.2 Å². The van der Waals surface area contributed by atoms with E-state index in [9.17, 15) is 9.59 Å². The molecule has 0 fully saturated rings. The number of para-hydroxylation sites is 2. The maximum absolute atomic E-state index is 13.7. The molecule has 1 heterocycles. The third-order valence-corrected chi connectivity index (χ3v) is 5.82. The second kappa shape index (κ2) is 9.06. The first-order chi connectivity index (χ1) is 16.2. The van der Waals surface area contributed by atoms with E-state index in [1.165, 1.54) is 4.90 Å². The van der Waals surface area contributed by atoms with Gasteiger partial charge in [0, 0.05) is 0 Å². The van der Waals surface area contributed by atoms with Crippen molar-refractivity contribution in [1.29, 1.82) is 0 Å². The van der Waals surface area contributed by atoms with E-state index in [0.717, 1.165) is 5.56 Å². The van der Waals surface area contributed by atoms with E-state index >= 15 is 0 Å². The molecule has 4 rings (SSSR count). The minimum Gasteiger partial charge on any atom is -0.497 e. The van der Waals surface area contributed by atoms with E-state index in [-0.39, 0.29) is 11.1 Å². The molecule has 1 aliphatic rings. The number of ether oxygens (including phenoxy) is 2. The number of methoxy groups -OCH3 is 2. The van der Waals surface area contributed by atoms with Gasteiger partial charge in [-0.2, -0.15) is 0 Å². The zero-order valence-electron chi connectivity index (χ0n) is 20.0. The Morgan fingerprint density at radius 3 is 2.00 bits per heavy atom. The van der Waals surface area contributed by atoms with Gasteiger partial charge >= 0.3 is 0 Å². The molecule has 0 aliphatic carbocycles. The Balaban J connectivity index is 1.79. The molecule has 34 heavy (non-hydrogen) atoms. The van der Waals surface area contributed by atoms with Crippen molar-refractivity contribution < 1.29 is 19.1 Å². The second-order valence-corrected chi connectivity index (χ2v) is 9.05. The Morgan fingerprint density at radius 2 is 1.41 bits per heavy atom. The summed E-state index contributed by atoms with van der Waals surface area (Å²) in [7, 11) is 3.14. The first-order valence-electron chi connectivity index (χ1n) is 11.0. The molecule has 6 heteroatoms. The van der Waals surface area contributed by atoms with Crippen LogP contribution in [-0.4, -0.2) is 26.0 Å². The largest absolute Gasteiger partial charge is 0.497 e. The molecule has 174 valence electrons. The number of rotatable bonds is 6. The molecule has 1 N–H and O–H groups in total. The van der Waals surface area contributed by atoms with Crippen LogP contribution in [-0.2, 0) is 15.0 Å². The van der Waals surface area contributed by atoms with E-state index in [0.29, 0.717) is 34.0 Å². The molecule has 0 spiro atoms. The summed E-state index contributed by atoms with van der Waals surface area (Å²) >= 11 is 0. The lowest BCUT2D eigenvalue weighted by Gasteiger charge is -2.21. The number of anilines is 2. The van der Waals surface area contributed by atoms with Crippen LogP contribution in [0.2, 0.25) is 0 Å². The first kappa shape index (κ1) is 23.1. The van der Waals surface area contributed by atoms with Gasteiger partial charge in [-0.15, -0.1) is 0 Å². The van der Waals surface area contributed by atoms with E-state index < -0.39 is 11.8 Å². The molecule has 0 radical (unpaired) electrons. The van der Waals surface area contributed by atoms with Gasteiger partial charge < -0.3 is 14.8 Å². The Kier molecular flexibility index (Phi) is 6.16. The van der Waals surface area contributed by atoms with Crippen LogP contribution >= 0.6 is 0 Å². The molecular weight excluding hydrogens is 428 g/mol. The molecule has 3 aromatic carbocycles. The molecule has 0 aromatic heterocycles. The van der Waals surface area contributed by atoms with Crippen molar-refractivity contribution in [1.82, 2.24) is 0 Å². The molecule has 0 saturated heterocycles. The van der Waals surface area contributed by atoms with E-state index in [2.05, 4.69) is 26.1 Å². The normalized spacial score (nSPS) is 14.0. The fourth-order valence-electron chi connectivity index (χ4n) is 3.90. The minimum atomic E-state index is -0.426. The van der Waals surface area contributed by atoms with Gasteiger partial charge in [-0.3, -0.25) is 9.59 Å². The lowest BCUT2D eigenvalue weighted by molar-refractivity contribution is -0.120. The summed E-state index contributed by atoms with van der Waals surface area (Å²) in [4.78, 5) is 28.5. The highest BCUT2D eigenvalue weighted by Crippen LogP contribution is 2.36. The van der Waals surface area contributed by atoms with Gasteiger partial charge in [0.25, 0.3) is 11.8 Å². The Labute approximate surface area is 199 Å². The van der Waals surface area contributed by atoms with Gasteiger partial charge in [0.15, 0.2) is 0 Å². The number of nitrogens with one attached hydrogen (secondary N) is 1. The van der Waals surface area contributed by atoms with Gasteiger partial charge in [-0.25, -0.2) is 4.90 Å². The summed E-state index contributed by atoms with van der Waals surface area (Å²) in [5.74, 6) is 0.411. The van der Waals surface area contributed by atoms with Crippen LogP contribution in [0.4, 0.5) is 11.4 Å². The average molecular weight is 457 g/mol. The Morgan fingerprint density at radius 1 is 0.765 bits per heavy atom. The van der Waals surface area contributed by atoms with Gasteiger partial charge in [0.2, 0.25) is 0 Å². The number of carbonyl (C=O) groups excluding carboxylic acids is 2. The van der Waals surface area contributed by atoms with Crippen LogP contribution in [0, 0.1) is 0 Å². The highest BCUT2D eigenvalue weighted by molar-refractivity contribution is 6.46. The van der Waals surface area contributed by atoms with Crippen LogP contribution in [0.25, 0.3) is 5.57 Å². The fraction of sp³-hybridized carbons (Fsp3) is 0.214. The summed E-state index contributed by atoms with van der Waals surface area (Å²) < 4.78 is 10.7. The molecule has 3 aromatic rings. The van der Waals surface area contributed by atoms with E-state index in [1.54, 1.807) is 50.6 Å². The van der Waals surface area contributed by atoms with Crippen molar-refractivity contribution in [3.05, 3.63) is 89.6 Å². The van der Waals surface area contributed by atoms with Crippen molar-refractivity contribution in [3.8, 4) is 11.5 Å². The number of amides is 2. The zero-order chi connectivity index (χ0) is 24.5. The molecule has 0 saturated carbocycles. The molecule has 2 amide bonds. The maximum Gasteiger partial charge on any atom is 0.282 e. The molecule has 0 unspecified atom stereocenters. The third-order valence-electron chi connectivity index (χ3n) is 5.82. The van der Waals surface area contributed by atoms with Crippen LogP contribution in [0.5, 0.6) is 11.5 Å². The summed E-state index contributed by atoms with van der Waals surface area (Å²) in [6, 6.07) is 21.9. The standard InChI is InChI=1S/C28H28N2O4/c1-28(2,3)19-12-14-20(15-13-19)30-26(31)24(18-10-16-21(33-4)17-11-18)25(27(30)32)29-22-8-6-7-9-23(22)34-5/h6-17,29H,1-5H3. The quantitative estimate of drug-likeness (QED) is 0.503. The van der Waals surface area contributed by atoms with Crippen molar-refractivity contribution in [2.75, 3.05) is 24.4 Å². The lowest BCUT2D eigenvalue weighted by atomic mass is 9.87. The van der Waals surface area contributed by atoms with Gasteiger partial charge in [-0.05, 0) is 52.9 Å².